The van der Waals surface area contributed by atoms with Crippen LogP contribution in [0.15, 0.2) is 24.3 Å². The molecular weight excluding hydrogens is 228 g/mol. The molecule has 1 atom stereocenters. The van der Waals surface area contributed by atoms with Crippen LogP contribution < -0.4 is 15.4 Å². The molecule has 4 nitrogen and oxygen atoms in total. The molecule has 0 heterocycles. The minimum absolute atomic E-state index is 0.0112. The summed E-state index contributed by atoms with van der Waals surface area (Å²) in [6, 6.07) is 7.79. The van der Waals surface area contributed by atoms with Crippen molar-refractivity contribution in [1.82, 2.24) is 5.32 Å². The highest BCUT2D eigenvalue weighted by atomic mass is 16.5. The zero-order valence-electron chi connectivity index (χ0n) is 11.1. The number of carbonyl (C=O) groups excluding carboxylic acids is 1. The van der Waals surface area contributed by atoms with E-state index in [0.717, 1.165) is 17.9 Å². The van der Waals surface area contributed by atoms with Gasteiger partial charge in [0.05, 0.1) is 13.7 Å². The number of nitrogens with one attached hydrogen (secondary N) is 2. The van der Waals surface area contributed by atoms with E-state index in [-0.39, 0.29) is 5.91 Å². The summed E-state index contributed by atoms with van der Waals surface area (Å²) in [5.74, 6) is 0.772. The first-order chi connectivity index (χ1) is 8.51. The third-order valence-electron chi connectivity index (χ3n) is 3.40. The number of hydrogen-bond donors (Lipinski definition) is 2. The van der Waals surface area contributed by atoms with Gasteiger partial charge in [0, 0.05) is 11.7 Å². The van der Waals surface area contributed by atoms with Crippen molar-refractivity contribution in [1.29, 1.82) is 0 Å². The topological polar surface area (TPSA) is 50.4 Å². The Hall–Kier alpha value is -1.55. The number of ether oxygens (including phenoxy) is 1. The van der Waals surface area contributed by atoms with Crippen molar-refractivity contribution in [2.75, 3.05) is 19.0 Å². The molecule has 0 radical (unpaired) electrons. The maximum atomic E-state index is 11.7. The average Bonchev–Trinajstić information content (AvgIpc) is 2.96. The lowest BCUT2D eigenvalue weighted by atomic mass is 10.2. The van der Waals surface area contributed by atoms with Gasteiger partial charge in [0.1, 0.15) is 5.75 Å². The summed E-state index contributed by atoms with van der Waals surface area (Å²) in [6.07, 6.45) is 1.14. The molecule has 1 saturated carbocycles. The standard InChI is InChI=1S/C14H20N2O2/c1-14(2)8-12(14)15-9-13(17)16-10-4-6-11(18-3)7-5-10/h4-7,12,15H,8-9H2,1-3H3,(H,16,17). The molecule has 18 heavy (non-hydrogen) atoms. The highest BCUT2D eigenvalue weighted by Gasteiger charge is 2.45. The molecule has 0 aromatic heterocycles. The molecule has 1 aromatic rings. The lowest BCUT2D eigenvalue weighted by molar-refractivity contribution is -0.115. The van der Waals surface area contributed by atoms with Gasteiger partial charge in [-0.1, -0.05) is 13.8 Å². The Labute approximate surface area is 108 Å². The van der Waals surface area contributed by atoms with Crippen LogP contribution in [0.2, 0.25) is 0 Å². The predicted octanol–water partition coefficient (Wildman–Crippen LogP) is 2.02. The normalized spacial score (nSPS) is 20.3. The minimum Gasteiger partial charge on any atom is -0.497 e. The lowest BCUT2D eigenvalue weighted by Crippen LogP contribution is -2.31. The van der Waals surface area contributed by atoms with Gasteiger partial charge in [-0.15, -0.1) is 0 Å². The second-order valence-electron chi connectivity index (χ2n) is 5.40. The van der Waals surface area contributed by atoms with Gasteiger partial charge >= 0.3 is 0 Å². The molecule has 1 unspecified atom stereocenters. The smallest absolute Gasteiger partial charge is 0.238 e. The van der Waals surface area contributed by atoms with Gasteiger partial charge in [0.25, 0.3) is 0 Å². The second kappa shape index (κ2) is 4.98. The van der Waals surface area contributed by atoms with E-state index in [1.54, 1.807) is 7.11 Å². The number of rotatable bonds is 5. The fourth-order valence-electron chi connectivity index (χ4n) is 1.91. The summed E-state index contributed by atoms with van der Waals surface area (Å²) in [7, 11) is 1.62. The van der Waals surface area contributed by atoms with Gasteiger partial charge in [0.2, 0.25) is 5.91 Å². The Kier molecular flexibility index (Phi) is 3.57. The Balaban J connectivity index is 1.76. The summed E-state index contributed by atoms with van der Waals surface area (Å²) in [6.45, 7) is 4.76. The van der Waals surface area contributed by atoms with Crippen LogP contribution in [0.5, 0.6) is 5.75 Å². The fourth-order valence-corrected chi connectivity index (χ4v) is 1.91. The third kappa shape index (κ3) is 3.23. The number of benzene rings is 1. The SMILES string of the molecule is COc1ccc(NC(=O)CNC2CC2(C)C)cc1. The van der Waals surface area contributed by atoms with E-state index < -0.39 is 0 Å². The molecule has 0 spiro atoms. The summed E-state index contributed by atoms with van der Waals surface area (Å²) in [5, 5.41) is 6.10. The van der Waals surface area contributed by atoms with Crippen LogP contribution in [0, 0.1) is 5.41 Å². The van der Waals surface area contributed by atoms with Crippen molar-refractivity contribution in [3.63, 3.8) is 0 Å². The van der Waals surface area contributed by atoms with Crippen molar-refractivity contribution < 1.29 is 9.53 Å². The maximum Gasteiger partial charge on any atom is 0.238 e. The Morgan fingerprint density at radius 2 is 2.00 bits per heavy atom. The average molecular weight is 248 g/mol. The summed E-state index contributed by atoms with van der Waals surface area (Å²) in [5.41, 5.74) is 1.14. The van der Waals surface area contributed by atoms with Crippen molar-refractivity contribution in [2.24, 2.45) is 5.41 Å². The molecule has 1 aromatic carbocycles. The van der Waals surface area contributed by atoms with Crippen LogP contribution in [0.4, 0.5) is 5.69 Å². The summed E-state index contributed by atoms with van der Waals surface area (Å²) < 4.78 is 5.06. The minimum atomic E-state index is -0.0112. The fraction of sp³-hybridized carbons (Fsp3) is 0.500. The predicted molar refractivity (Wildman–Crippen MR) is 71.8 cm³/mol. The van der Waals surface area contributed by atoms with Crippen molar-refractivity contribution in [2.45, 2.75) is 26.3 Å². The maximum absolute atomic E-state index is 11.7. The molecule has 1 aliphatic rings. The van der Waals surface area contributed by atoms with Gasteiger partial charge < -0.3 is 15.4 Å². The zero-order valence-corrected chi connectivity index (χ0v) is 11.1. The van der Waals surface area contributed by atoms with E-state index in [2.05, 4.69) is 24.5 Å². The Morgan fingerprint density at radius 1 is 1.39 bits per heavy atom. The zero-order chi connectivity index (χ0) is 13.2. The van der Waals surface area contributed by atoms with Gasteiger partial charge in [-0.2, -0.15) is 0 Å². The monoisotopic (exact) mass is 248 g/mol. The van der Waals surface area contributed by atoms with Crippen LogP contribution in [0.3, 0.4) is 0 Å². The molecule has 0 aliphatic heterocycles. The quantitative estimate of drug-likeness (QED) is 0.838. The van der Waals surface area contributed by atoms with Crippen molar-refractivity contribution in [3.8, 4) is 5.75 Å². The van der Waals surface area contributed by atoms with E-state index >= 15 is 0 Å². The van der Waals surface area contributed by atoms with Crippen LogP contribution >= 0.6 is 0 Å². The summed E-state index contributed by atoms with van der Waals surface area (Å²) in [4.78, 5) is 11.7. The van der Waals surface area contributed by atoms with E-state index in [4.69, 9.17) is 4.74 Å². The largest absolute Gasteiger partial charge is 0.497 e. The van der Waals surface area contributed by atoms with Crippen LogP contribution in [-0.4, -0.2) is 25.6 Å². The van der Waals surface area contributed by atoms with E-state index in [0.29, 0.717) is 18.0 Å². The molecule has 0 saturated heterocycles. The van der Waals surface area contributed by atoms with Gasteiger partial charge in [-0.05, 0) is 36.1 Å². The molecule has 1 amide bonds. The molecule has 1 aliphatic carbocycles. The molecular formula is C14H20N2O2. The van der Waals surface area contributed by atoms with Gasteiger partial charge in [-0.3, -0.25) is 4.79 Å². The van der Waals surface area contributed by atoms with E-state index in [1.807, 2.05) is 24.3 Å². The molecule has 2 rings (SSSR count). The number of carbonyl (C=O) groups is 1. The van der Waals surface area contributed by atoms with Crippen molar-refractivity contribution in [3.05, 3.63) is 24.3 Å². The lowest BCUT2D eigenvalue weighted by Gasteiger charge is -2.08. The van der Waals surface area contributed by atoms with E-state index in [9.17, 15) is 4.79 Å². The molecule has 2 N–H and O–H groups in total. The van der Waals surface area contributed by atoms with E-state index in [1.165, 1.54) is 0 Å². The third-order valence-corrected chi connectivity index (χ3v) is 3.40. The Bertz CT molecular complexity index is 426. The van der Waals surface area contributed by atoms with Crippen LogP contribution in [-0.2, 0) is 4.79 Å². The first-order valence-electron chi connectivity index (χ1n) is 6.18. The molecule has 1 fully saturated rings. The number of methoxy groups -OCH3 is 1. The molecule has 98 valence electrons. The Morgan fingerprint density at radius 3 is 2.50 bits per heavy atom. The van der Waals surface area contributed by atoms with Gasteiger partial charge in [-0.25, -0.2) is 0 Å². The van der Waals surface area contributed by atoms with Crippen LogP contribution in [0.25, 0.3) is 0 Å². The first-order valence-corrected chi connectivity index (χ1v) is 6.18. The highest BCUT2D eigenvalue weighted by Crippen LogP contribution is 2.44. The second-order valence-corrected chi connectivity index (χ2v) is 5.40. The van der Waals surface area contributed by atoms with Crippen molar-refractivity contribution >= 4 is 11.6 Å². The van der Waals surface area contributed by atoms with Gasteiger partial charge in [0.15, 0.2) is 0 Å². The number of amides is 1. The highest BCUT2D eigenvalue weighted by molar-refractivity contribution is 5.92. The summed E-state index contributed by atoms with van der Waals surface area (Å²) >= 11 is 0. The number of hydrogen-bond acceptors (Lipinski definition) is 3. The molecule has 4 heteroatoms. The van der Waals surface area contributed by atoms with Crippen LogP contribution in [0.1, 0.15) is 20.3 Å². The molecule has 0 bridgehead atoms. The number of anilines is 1. The first kappa shape index (κ1) is 12.9.